The second-order valence-corrected chi connectivity index (χ2v) is 13.7. The lowest BCUT2D eigenvalue weighted by atomic mass is 9.96. The number of rotatable bonds is 5. The van der Waals surface area contributed by atoms with Crippen molar-refractivity contribution in [3.63, 3.8) is 0 Å². The molecule has 11 rings (SSSR count). The van der Waals surface area contributed by atoms with Crippen molar-refractivity contribution in [1.82, 2.24) is 0 Å². The molecule has 9 aromatic carbocycles. The van der Waals surface area contributed by atoms with Crippen molar-refractivity contribution >= 4 is 82.5 Å². The summed E-state index contributed by atoms with van der Waals surface area (Å²) in [5.41, 5.74) is 10.8. The van der Waals surface area contributed by atoms with Crippen LogP contribution in [0, 0.1) is 0 Å². The lowest BCUT2D eigenvalue weighted by Crippen LogP contribution is -2.11. The van der Waals surface area contributed by atoms with Crippen LogP contribution in [0.2, 0.25) is 0 Å². The summed E-state index contributed by atoms with van der Waals surface area (Å²) in [4.78, 5) is 2.37. The minimum atomic E-state index is 0.822. The van der Waals surface area contributed by atoms with Gasteiger partial charge in [-0.15, -0.1) is 0 Å². The van der Waals surface area contributed by atoms with E-state index < -0.39 is 0 Å². The summed E-state index contributed by atoms with van der Waals surface area (Å²) in [6, 6.07) is 66.7. The molecule has 0 N–H and O–H groups in total. The van der Waals surface area contributed by atoms with Crippen LogP contribution < -0.4 is 4.90 Å². The van der Waals surface area contributed by atoms with Crippen LogP contribution in [-0.2, 0) is 0 Å². The van der Waals surface area contributed by atoms with Gasteiger partial charge in [0, 0.05) is 44.0 Å². The van der Waals surface area contributed by atoms with Gasteiger partial charge in [0.25, 0.3) is 0 Å². The Balaban J connectivity index is 1.26. The number of anilines is 3. The quantitative estimate of drug-likeness (QED) is 0.182. The van der Waals surface area contributed by atoms with Gasteiger partial charge in [0.15, 0.2) is 5.58 Å². The maximum absolute atomic E-state index is 7.06. The second kappa shape index (κ2) is 11.7. The molecular weight excluding hydrogens is 647 g/mol. The van der Waals surface area contributed by atoms with Crippen LogP contribution in [0.4, 0.5) is 17.1 Å². The molecule has 11 aromatic rings. The third kappa shape index (κ3) is 4.68. The van der Waals surface area contributed by atoms with Crippen molar-refractivity contribution < 1.29 is 8.83 Å². The topological polar surface area (TPSA) is 29.5 Å². The molecule has 0 aliphatic heterocycles. The largest absolute Gasteiger partial charge is 0.455 e. The first-order valence-electron chi connectivity index (χ1n) is 18.0. The maximum atomic E-state index is 7.06. The Morgan fingerprint density at radius 3 is 1.87 bits per heavy atom. The number of nitrogens with zero attached hydrogens (tertiary/aromatic N) is 1. The van der Waals surface area contributed by atoms with E-state index in [0.717, 1.165) is 77.6 Å². The van der Waals surface area contributed by atoms with Crippen molar-refractivity contribution in [2.24, 2.45) is 0 Å². The Morgan fingerprint density at radius 1 is 0.340 bits per heavy atom. The third-order valence-electron chi connectivity index (χ3n) is 10.6. The molecular formula is C50H31NO2. The SMILES string of the molecule is c1ccc(-c2ccc(N(c3ccc4ccccc4c3)c3c(-c4cccc5c4oc4ccccc45)ccc4c3oc3ccc5ccccc5c34)cc2)cc1. The van der Waals surface area contributed by atoms with E-state index in [1.165, 1.54) is 27.1 Å². The van der Waals surface area contributed by atoms with Crippen LogP contribution in [0.3, 0.4) is 0 Å². The molecule has 0 saturated heterocycles. The Morgan fingerprint density at radius 2 is 1.00 bits per heavy atom. The van der Waals surface area contributed by atoms with Crippen molar-refractivity contribution in [1.29, 1.82) is 0 Å². The molecule has 0 saturated carbocycles. The lowest BCUT2D eigenvalue weighted by molar-refractivity contribution is 0.668. The average molecular weight is 678 g/mol. The van der Waals surface area contributed by atoms with Crippen LogP contribution in [0.1, 0.15) is 0 Å². The van der Waals surface area contributed by atoms with E-state index in [1.54, 1.807) is 0 Å². The molecule has 0 fully saturated rings. The zero-order valence-electron chi connectivity index (χ0n) is 28.7. The van der Waals surface area contributed by atoms with Gasteiger partial charge in [-0.3, -0.25) is 0 Å². The van der Waals surface area contributed by atoms with Gasteiger partial charge >= 0.3 is 0 Å². The highest BCUT2D eigenvalue weighted by molar-refractivity contribution is 6.23. The van der Waals surface area contributed by atoms with Crippen molar-refractivity contribution in [3.8, 4) is 22.3 Å². The molecule has 0 aliphatic rings. The van der Waals surface area contributed by atoms with E-state index in [-0.39, 0.29) is 0 Å². The molecule has 0 aliphatic carbocycles. The fourth-order valence-corrected chi connectivity index (χ4v) is 8.15. The van der Waals surface area contributed by atoms with E-state index in [9.17, 15) is 0 Å². The molecule has 0 unspecified atom stereocenters. The molecule has 2 aromatic heterocycles. The normalized spacial score (nSPS) is 11.8. The monoisotopic (exact) mass is 677 g/mol. The first-order chi connectivity index (χ1) is 26.3. The number of fused-ring (bicyclic) bond motifs is 9. The van der Waals surface area contributed by atoms with Gasteiger partial charge in [-0.2, -0.15) is 0 Å². The summed E-state index contributed by atoms with van der Waals surface area (Å²) in [7, 11) is 0. The molecule has 0 spiro atoms. The Bertz CT molecular complexity index is 3170. The van der Waals surface area contributed by atoms with Crippen LogP contribution in [0.25, 0.3) is 87.7 Å². The zero-order chi connectivity index (χ0) is 34.9. The highest BCUT2D eigenvalue weighted by atomic mass is 16.3. The van der Waals surface area contributed by atoms with E-state index >= 15 is 0 Å². The van der Waals surface area contributed by atoms with Crippen LogP contribution in [-0.4, -0.2) is 0 Å². The lowest BCUT2D eigenvalue weighted by Gasteiger charge is -2.28. The minimum absolute atomic E-state index is 0.822. The van der Waals surface area contributed by atoms with Gasteiger partial charge in [0.05, 0.1) is 5.69 Å². The number of hydrogen-bond donors (Lipinski definition) is 0. The summed E-state index contributed by atoms with van der Waals surface area (Å²) < 4.78 is 13.7. The highest BCUT2D eigenvalue weighted by Gasteiger charge is 2.26. The van der Waals surface area contributed by atoms with Crippen molar-refractivity contribution in [2.45, 2.75) is 0 Å². The van der Waals surface area contributed by atoms with E-state index in [2.05, 4.69) is 181 Å². The van der Waals surface area contributed by atoms with Gasteiger partial charge < -0.3 is 13.7 Å². The van der Waals surface area contributed by atoms with Crippen LogP contribution in [0.15, 0.2) is 197 Å². The zero-order valence-corrected chi connectivity index (χ0v) is 28.7. The first kappa shape index (κ1) is 29.6. The van der Waals surface area contributed by atoms with E-state index in [4.69, 9.17) is 8.83 Å². The molecule has 3 nitrogen and oxygen atoms in total. The smallest absolute Gasteiger partial charge is 0.160 e. The summed E-state index contributed by atoms with van der Waals surface area (Å²) in [6.07, 6.45) is 0. The summed E-state index contributed by atoms with van der Waals surface area (Å²) in [6.45, 7) is 0. The average Bonchev–Trinajstić information content (AvgIpc) is 3.81. The molecule has 2 heterocycles. The fraction of sp³-hybridized carbons (Fsp3) is 0. The number of hydrogen-bond acceptors (Lipinski definition) is 3. The Labute approximate surface area is 305 Å². The highest BCUT2D eigenvalue weighted by Crippen LogP contribution is 2.50. The summed E-state index contributed by atoms with van der Waals surface area (Å²) in [5, 5.41) is 9.09. The van der Waals surface area contributed by atoms with Gasteiger partial charge in [0.2, 0.25) is 0 Å². The molecule has 3 heteroatoms. The standard InChI is InChI=1S/C50H31NO2/c1-2-11-32(12-3-1)34-21-25-37(26-22-34)51(38-27-23-33-13-4-5-15-36(33)31-38)48-41(43-19-10-18-42-40-17-8-9-20-45(40)52-49(42)43)28-29-44-47-39-16-7-6-14-35(39)24-30-46(47)53-50(44)48/h1-31H. The Hall–Kier alpha value is -7.10. The van der Waals surface area contributed by atoms with Crippen LogP contribution >= 0.6 is 0 Å². The second-order valence-electron chi connectivity index (χ2n) is 13.7. The van der Waals surface area contributed by atoms with Gasteiger partial charge in [-0.1, -0.05) is 146 Å². The number of benzene rings is 9. The van der Waals surface area contributed by atoms with Crippen LogP contribution in [0.5, 0.6) is 0 Å². The predicted octanol–water partition coefficient (Wildman–Crippen LogP) is 14.6. The van der Waals surface area contributed by atoms with Crippen molar-refractivity contribution in [2.75, 3.05) is 4.90 Å². The molecule has 248 valence electrons. The molecule has 53 heavy (non-hydrogen) atoms. The third-order valence-corrected chi connectivity index (χ3v) is 10.6. The molecule has 0 bridgehead atoms. The maximum Gasteiger partial charge on any atom is 0.160 e. The summed E-state index contributed by atoms with van der Waals surface area (Å²) in [5.74, 6) is 0. The summed E-state index contributed by atoms with van der Waals surface area (Å²) >= 11 is 0. The van der Waals surface area contributed by atoms with Gasteiger partial charge in [-0.05, 0) is 75.1 Å². The number of furan rings is 2. The van der Waals surface area contributed by atoms with Gasteiger partial charge in [0.1, 0.15) is 16.7 Å². The Kier molecular flexibility index (Phi) is 6.55. The van der Waals surface area contributed by atoms with Gasteiger partial charge in [-0.25, -0.2) is 0 Å². The predicted molar refractivity (Wildman–Crippen MR) is 222 cm³/mol. The fourth-order valence-electron chi connectivity index (χ4n) is 8.15. The first-order valence-corrected chi connectivity index (χ1v) is 18.0. The van der Waals surface area contributed by atoms with Crippen molar-refractivity contribution in [3.05, 3.63) is 188 Å². The van der Waals surface area contributed by atoms with E-state index in [0.29, 0.717) is 0 Å². The molecule has 0 amide bonds. The number of para-hydroxylation sites is 2. The van der Waals surface area contributed by atoms with E-state index in [1.807, 2.05) is 12.1 Å². The molecule has 0 atom stereocenters. The minimum Gasteiger partial charge on any atom is -0.455 e. The molecule has 0 radical (unpaired) electrons.